The first kappa shape index (κ1) is 18.5. The summed E-state index contributed by atoms with van der Waals surface area (Å²) in [5.41, 5.74) is 1.70. The van der Waals surface area contributed by atoms with E-state index in [1.807, 2.05) is 0 Å². The number of methoxy groups -OCH3 is 2. The van der Waals surface area contributed by atoms with Gasteiger partial charge in [-0.05, 0) is 37.8 Å². The summed E-state index contributed by atoms with van der Waals surface area (Å²) in [7, 11) is 3.02. The van der Waals surface area contributed by atoms with Crippen molar-refractivity contribution in [3.05, 3.63) is 56.4 Å². The first-order valence-corrected chi connectivity index (χ1v) is 9.84. The van der Waals surface area contributed by atoms with Crippen molar-refractivity contribution < 1.29 is 19.0 Å². The molecule has 0 radical (unpaired) electrons. The minimum Gasteiger partial charge on any atom is -0.497 e. The number of fused-ring (bicyclic) bond motifs is 3. The third-order valence-corrected chi connectivity index (χ3v) is 5.90. The molecule has 0 bridgehead atoms. The summed E-state index contributed by atoms with van der Waals surface area (Å²) in [5, 5.41) is 0. The van der Waals surface area contributed by atoms with Gasteiger partial charge in [-0.2, -0.15) is 0 Å². The lowest BCUT2D eigenvalue weighted by Crippen LogP contribution is -2.18. The van der Waals surface area contributed by atoms with Crippen LogP contribution in [0.25, 0.3) is 4.96 Å². The third-order valence-electron chi connectivity index (χ3n) is 4.75. The Morgan fingerprint density at radius 1 is 1.11 bits per heavy atom. The second-order valence-corrected chi connectivity index (χ2v) is 7.62. The van der Waals surface area contributed by atoms with Crippen molar-refractivity contribution in [2.24, 2.45) is 0 Å². The second-order valence-electron chi connectivity index (χ2n) is 6.56. The molecule has 1 aromatic carbocycles. The quantitative estimate of drug-likeness (QED) is 0.613. The number of carbonyl (C=O) groups is 1. The number of aromatic nitrogens is 2. The third kappa shape index (κ3) is 3.47. The topological polar surface area (TPSA) is 79.1 Å². The zero-order valence-electron chi connectivity index (χ0n) is 15.7. The van der Waals surface area contributed by atoms with E-state index in [4.69, 9.17) is 14.2 Å². The van der Waals surface area contributed by atoms with Gasteiger partial charge >= 0.3 is 5.97 Å². The largest absolute Gasteiger partial charge is 0.497 e. The van der Waals surface area contributed by atoms with Gasteiger partial charge in [0.25, 0.3) is 5.56 Å². The molecule has 0 saturated heterocycles. The molecular formula is C20H20N2O5S. The maximum atomic E-state index is 12.6. The predicted octanol–water partition coefficient (Wildman–Crippen LogP) is 3.01. The maximum Gasteiger partial charge on any atom is 0.338 e. The molecule has 28 heavy (non-hydrogen) atoms. The Bertz CT molecular complexity index is 1080. The monoisotopic (exact) mass is 400 g/mol. The Kier molecular flexibility index (Phi) is 5.04. The van der Waals surface area contributed by atoms with Crippen LogP contribution in [0.15, 0.2) is 29.1 Å². The Morgan fingerprint density at radius 3 is 2.54 bits per heavy atom. The average molecular weight is 400 g/mol. The summed E-state index contributed by atoms with van der Waals surface area (Å²) in [6.45, 7) is -0.0767. The minimum absolute atomic E-state index is 0.0767. The van der Waals surface area contributed by atoms with Crippen LogP contribution in [-0.4, -0.2) is 29.6 Å². The first-order valence-electron chi connectivity index (χ1n) is 9.02. The van der Waals surface area contributed by atoms with Crippen molar-refractivity contribution >= 4 is 22.3 Å². The highest BCUT2D eigenvalue weighted by Crippen LogP contribution is 2.28. The molecule has 0 fully saturated rings. The Hall–Kier alpha value is -2.87. The predicted molar refractivity (Wildman–Crippen MR) is 105 cm³/mol. The minimum atomic E-state index is -0.537. The van der Waals surface area contributed by atoms with Crippen LogP contribution in [0.2, 0.25) is 0 Å². The van der Waals surface area contributed by atoms with E-state index < -0.39 is 5.97 Å². The molecule has 3 aromatic rings. The first-order chi connectivity index (χ1) is 13.6. The van der Waals surface area contributed by atoms with Gasteiger partial charge in [0.2, 0.25) is 0 Å². The molecule has 146 valence electrons. The van der Waals surface area contributed by atoms with E-state index >= 15 is 0 Å². The fourth-order valence-corrected chi connectivity index (χ4v) is 4.60. The van der Waals surface area contributed by atoms with Crippen LogP contribution >= 0.6 is 11.3 Å². The van der Waals surface area contributed by atoms with Crippen LogP contribution in [-0.2, 0) is 24.2 Å². The molecular weight excluding hydrogens is 380 g/mol. The number of carbonyl (C=O) groups excluding carboxylic acids is 1. The zero-order valence-corrected chi connectivity index (χ0v) is 16.5. The van der Waals surface area contributed by atoms with Crippen molar-refractivity contribution in [3.63, 3.8) is 0 Å². The highest BCUT2D eigenvalue weighted by molar-refractivity contribution is 7.17. The molecule has 0 atom stereocenters. The van der Waals surface area contributed by atoms with Crippen molar-refractivity contribution in [2.75, 3.05) is 14.2 Å². The molecule has 0 N–H and O–H groups in total. The SMILES string of the molecule is COc1cc(OC)cc(C(=O)OCc2cc(=O)n3c4c(sc3n2)CCCC4)c1. The molecule has 8 heteroatoms. The molecule has 2 heterocycles. The zero-order chi connectivity index (χ0) is 19.7. The van der Waals surface area contributed by atoms with E-state index in [2.05, 4.69) is 4.98 Å². The van der Waals surface area contributed by atoms with Crippen molar-refractivity contribution in [1.29, 1.82) is 0 Å². The molecule has 1 aliphatic rings. The van der Waals surface area contributed by atoms with Crippen LogP contribution in [0, 0.1) is 0 Å². The van der Waals surface area contributed by atoms with E-state index in [-0.39, 0.29) is 12.2 Å². The van der Waals surface area contributed by atoms with Gasteiger partial charge in [0.05, 0.1) is 25.5 Å². The summed E-state index contributed by atoms with van der Waals surface area (Å²) < 4.78 is 17.4. The number of aryl methyl sites for hydroxylation is 2. The summed E-state index contributed by atoms with van der Waals surface area (Å²) in [6.07, 6.45) is 4.13. The summed E-state index contributed by atoms with van der Waals surface area (Å²) in [5.74, 6) is 0.450. The highest BCUT2D eigenvalue weighted by atomic mass is 32.1. The maximum absolute atomic E-state index is 12.6. The van der Waals surface area contributed by atoms with Gasteiger partial charge in [0.15, 0.2) is 4.96 Å². The number of esters is 1. The molecule has 0 saturated carbocycles. The van der Waals surface area contributed by atoms with Gasteiger partial charge in [-0.1, -0.05) is 0 Å². The van der Waals surface area contributed by atoms with Crippen molar-refractivity contribution in [3.8, 4) is 11.5 Å². The van der Waals surface area contributed by atoms with Crippen LogP contribution in [0.5, 0.6) is 11.5 Å². The highest BCUT2D eigenvalue weighted by Gasteiger charge is 2.19. The Balaban J connectivity index is 1.56. The molecule has 1 aliphatic carbocycles. The molecule has 0 amide bonds. The summed E-state index contributed by atoms with van der Waals surface area (Å²) in [4.78, 5) is 31.4. The lowest BCUT2D eigenvalue weighted by atomic mass is 10.0. The van der Waals surface area contributed by atoms with E-state index in [1.54, 1.807) is 33.9 Å². The van der Waals surface area contributed by atoms with E-state index in [0.717, 1.165) is 31.4 Å². The van der Waals surface area contributed by atoms with E-state index in [9.17, 15) is 9.59 Å². The Morgan fingerprint density at radius 2 is 1.82 bits per heavy atom. The smallest absolute Gasteiger partial charge is 0.338 e. The second kappa shape index (κ2) is 7.63. The number of ether oxygens (including phenoxy) is 3. The number of rotatable bonds is 5. The fraction of sp³-hybridized carbons (Fsp3) is 0.350. The van der Waals surface area contributed by atoms with Gasteiger partial charge in [0.1, 0.15) is 18.1 Å². The lowest BCUT2D eigenvalue weighted by molar-refractivity contribution is 0.0467. The normalized spacial score (nSPS) is 13.2. The van der Waals surface area contributed by atoms with Crippen molar-refractivity contribution in [1.82, 2.24) is 9.38 Å². The summed E-state index contributed by atoms with van der Waals surface area (Å²) >= 11 is 1.55. The number of benzene rings is 1. The molecule has 7 nitrogen and oxygen atoms in total. The number of hydrogen-bond acceptors (Lipinski definition) is 7. The van der Waals surface area contributed by atoms with Gasteiger partial charge in [-0.25, -0.2) is 9.78 Å². The number of hydrogen-bond donors (Lipinski definition) is 0. The van der Waals surface area contributed by atoms with Gasteiger partial charge < -0.3 is 14.2 Å². The summed E-state index contributed by atoms with van der Waals surface area (Å²) in [6, 6.07) is 6.26. The van der Waals surface area contributed by atoms with Crippen LogP contribution in [0.1, 0.15) is 39.5 Å². The van der Waals surface area contributed by atoms with Crippen LogP contribution in [0.3, 0.4) is 0 Å². The lowest BCUT2D eigenvalue weighted by Gasteiger charge is -2.10. The molecule has 4 rings (SSSR count). The molecule has 2 aromatic heterocycles. The van der Waals surface area contributed by atoms with Crippen LogP contribution in [0.4, 0.5) is 0 Å². The molecule has 0 unspecified atom stereocenters. The van der Waals surface area contributed by atoms with E-state index in [1.165, 1.54) is 25.2 Å². The van der Waals surface area contributed by atoms with Crippen LogP contribution < -0.4 is 15.0 Å². The van der Waals surface area contributed by atoms with Gasteiger partial charge in [-0.15, -0.1) is 11.3 Å². The Labute approximate surface area is 165 Å². The van der Waals surface area contributed by atoms with Crippen molar-refractivity contribution in [2.45, 2.75) is 32.3 Å². The molecule has 0 spiro atoms. The number of nitrogens with zero attached hydrogens (tertiary/aromatic N) is 2. The van der Waals surface area contributed by atoms with E-state index in [0.29, 0.717) is 27.7 Å². The fourth-order valence-electron chi connectivity index (χ4n) is 3.36. The van der Waals surface area contributed by atoms with Gasteiger partial charge in [0, 0.05) is 22.7 Å². The standard InChI is InChI=1S/C20H20N2O5S/c1-25-14-7-12(8-15(10-14)26-2)19(24)27-11-13-9-18(23)22-16-5-3-4-6-17(16)28-20(22)21-13/h7-10H,3-6,11H2,1-2H3. The number of thiazole rings is 1. The molecule has 0 aliphatic heterocycles. The van der Waals surface area contributed by atoms with Gasteiger partial charge in [-0.3, -0.25) is 9.20 Å². The average Bonchev–Trinajstić information content (AvgIpc) is 3.10.